The maximum absolute atomic E-state index is 14.0. The Morgan fingerprint density at radius 1 is 1.08 bits per heavy atom. The first kappa shape index (κ1) is 28.7. The van der Waals surface area contributed by atoms with Crippen molar-refractivity contribution in [1.29, 1.82) is 0 Å². The van der Waals surface area contributed by atoms with Crippen LogP contribution in [0.1, 0.15) is 72.0 Å². The minimum atomic E-state index is -6.01. The number of hydrogen-bond acceptors (Lipinski definition) is 6. The number of rotatable bonds is 10. The number of fused-ring (bicyclic) bond motifs is 2. The zero-order chi connectivity index (χ0) is 26.7. The highest BCUT2D eigenvalue weighted by molar-refractivity contribution is 7.87. The van der Waals surface area contributed by atoms with Gasteiger partial charge >= 0.3 is 27.3 Å². The zero-order valence-corrected chi connectivity index (χ0v) is 20.7. The van der Waals surface area contributed by atoms with Crippen LogP contribution in [0, 0.1) is 11.8 Å². The van der Waals surface area contributed by atoms with E-state index in [1.165, 1.54) is 0 Å². The highest BCUT2D eigenvalue weighted by Gasteiger charge is 2.57. The van der Waals surface area contributed by atoms with Crippen molar-refractivity contribution in [3.05, 3.63) is 34.4 Å². The fourth-order valence-electron chi connectivity index (χ4n) is 5.54. The van der Waals surface area contributed by atoms with E-state index >= 15 is 0 Å². The predicted molar refractivity (Wildman–Crippen MR) is 130 cm³/mol. The van der Waals surface area contributed by atoms with Gasteiger partial charge in [-0.3, -0.25) is 4.55 Å². The molecule has 0 amide bonds. The number of alkyl halides is 2. The molecule has 1 aromatic rings. The van der Waals surface area contributed by atoms with Crippen molar-refractivity contribution in [3.8, 4) is 0 Å². The van der Waals surface area contributed by atoms with Crippen molar-refractivity contribution in [3.63, 3.8) is 0 Å². The second kappa shape index (κ2) is 11.2. The Balaban J connectivity index is 1.80. The van der Waals surface area contributed by atoms with Crippen molar-refractivity contribution in [1.82, 2.24) is 0 Å². The number of benzene rings is 1. The summed E-state index contributed by atoms with van der Waals surface area (Å²) in [5.74, 6) is -2.87. The molecular formula is C23H27B3F2O7S. The summed E-state index contributed by atoms with van der Waals surface area (Å²) in [6, 6.07) is 3.31. The summed E-state index contributed by atoms with van der Waals surface area (Å²) < 4.78 is 69.5. The van der Waals surface area contributed by atoms with Crippen LogP contribution < -0.4 is 0 Å². The van der Waals surface area contributed by atoms with Crippen LogP contribution in [0.4, 0.5) is 8.78 Å². The molecule has 1 aromatic carbocycles. The third-order valence-electron chi connectivity index (χ3n) is 7.16. The monoisotopic (exact) mass is 518 g/mol. The van der Waals surface area contributed by atoms with Crippen LogP contribution in [0.2, 0.25) is 0 Å². The summed E-state index contributed by atoms with van der Waals surface area (Å²) >= 11 is 0. The number of esters is 2. The Labute approximate surface area is 214 Å². The Kier molecular flexibility index (Phi) is 8.97. The van der Waals surface area contributed by atoms with Gasteiger partial charge in [-0.1, -0.05) is 55.4 Å². The van der Waals surface area contributed by atoms with Crippen LogP contribution in [0.15, 0.2) is 12.1 Å². The van der Waals surface area contributed by atoms with E-state index in [2.05, 4.69) is 0 Å². The summed E-state index contributed by atoms with van der Waals surface area (Å²) in [5.41, 5.74) is 0.520. The van der Waals surface area contributed by atoms with E-state index in [1.807, 2.05) is 0 Å². The van der Waals surface area contributed by atoms with Crippen LogP contribution in [-0.4, -0.2) is 65.9 Å². The van der Waals surface area contributed by atoms with Gasteiger partial charge < -0.3 is 9.47 Å². The maximum atomic E-state index is 14.0. The first-order chi connectivity index (χ1) is 16.9. The first-order valence-corrected chi connectivity index (χ1v) is 13.3. The molecule has 2 bridgehead atoms. The van der Waals surface area contributed by atoms with Crippen molar-refractivity contribution in [2.45, 2.75) is 74.8 Å². The van der Waals surface area contributed by atoms with Gasteiger partial charge in [0.25, 0.3) is 0 Å². The van der Waals surface area contributed by atoms with Gasteiger partial charge in [-0.25, -0.2) is 9.59 Å². The molecule has 0 spiro atoms. The molecule has 3 rings (SSSR count). The van der Waals surface area contributed by atoms with Gasteiger partial charge in [0.15, 0.2) is 0 Å². The second-order valence-corrected chi connectivity index (χ2v) is 11.1. The highest BCUT2D eigenvalue weighted by Crippen LogP contribution is 2.48. The van der Waals surface area contributed by atoms with Gasteiger partial charge in [0.2, 0.25) is 0 Å². The van der Waals surface area contributed by atoms with E-state index in [0.717, 1.165) is 25.7 Å². The molecule has 2 unspecified atom stereocenters. The van der Waals surface area contributed by atoms with Crippen LogP contribution in [0.3, 0.4) is 0 Å². The topological polar surface area (TPSA) is 107 Å². The number of hydrogen-bond donors (Lipinski definition) is 1. The fraction of sp³-hybridized carbons (Fsp3) is 0.652. The molecule has 13 heteroatoms. The van der Waals surface area contributed by atoms with Gasteiger partial charge in [-0.2, -0.15) is 17.2 Å². The second-order valence-electron chi connectivity index (χ2n) is 9.65. The molecule has 6 radical (unpaired) electrons. The summed E-state index contributed by atoms with van der Waals surface area (Å²) in [6.07, 6.45) is 4.08. The zero-order valence-electron chi connectivity index (χ0n) is 19.9. The normalized spacial score (nSPS) is 24.2. The van der Waals surface area contributed by atoms with Crippen LogP contribution in [0.25, 0.3) is 0 Å². The van der Waals surface area contributed by atoms with E-state index in [1.54, 1.807) is 12.1 Å². The molecule has 2 aliphatic carbocycles. The van der Waals surface area contributed by atoms with E-state index in [0.29, 0.717) is 16.7 Å². The minimum absolute atomic E-state index is 0.0252. The average molecular weight is 518 g/mol. The number of ether oxygens (including phenoxy) is 2. The lowest BCUT2D eigenvalue weighted by atomic mass is 9.65. The Hall–Kier alpha value is -1.88. The van der Waals surface area contributed by atoms with Crippen molar-refractivity contribution >= 4 is 45.6 Å². The quantitative estimate of drug-likeness (QED) is 0.289. The smallest absolute Gasteiger partial charge is 0.462 e. The number of carbonyl (C=O) groups excluding carboxylic acids is 2. The SMILES string of the molecule is [B]Cc1cc(C[B])c(C[B])c(C(=O)OCCC2(OC(=O)C(F)(F)S(=O)(=O)O)CC3CCCC(C3)C2)c1. The third kappa shape index (κ3) is 6.15. The molecule has 0 aliphatic heterocycles. The summed E-state index contributed by atoms with van der Waals surface area (Å²) in [6.45, 7) is -0.280. The van der Waals surface area contributed by atoms with Crippen molar-refractivity contribution in [2.75, 3.05) is 6.61 Å². The van der Waals surface area contributed by atoms with Gasteiger partial charge in [0, 0.05) is 6.42 Å². The van der Waals surface area contributed by atoms with Gasteiger partial charge in [0.1, 0.15) is 5.60 Å². The van der Waals surface area contributed by atoms with E-state index in [-0.39, 0.29) is 62.2 Å². The summed E-state index contributed by atoms with van der Waals surface area (Å²) in [4.78, 5) is 25.1. The molecule has 1 N–H and O–H groups in total. The lowest BCUT2D eigenvalue weighted by Crippen LogP contribution is -2.50. The Morgan fingerprint density at radius 3 is 2.25 bits per heavy atom. The Bertz CT molecular complexity index is 1090. The number of carbonyl (C=O) groups is 2. The first-order valence-electron chi connectivity index (χ1n) is 11.9. The molecule has 0 heterocycles. The molecule has 2 aliphatic rings. The van der Waals surface area contributed by atoms with Crippen molar-refractivity contribution < 1.29 is 40.8 Å². The van der Waals surface area contributed by atoms with E-state index < -0.39 is 32.9 Å². The van der Waals surface area contributed by atoms with Gasteiger partial charge in [-0.05, 0) is 42.7 Å². The fourth-order valence-corrected chi connectivity index (χ4v) is 5.79. The molecule has 190 valence electrons. The van der Waals surface area contributed by atoms with Gasteiger partial charge in [-0.15, -0.1) is 0 Å². The average Bonchev–Trinajstić information content (AvgIpc) is 2.81. The Morgan fingerprint density at radius 2 is 1.72 bits per heavy atom. The molecule has 2 fully saturated rings. The minimum Gasteiger partial charge on any atom is -0.462 e. The van der Waals surface area contributed by atoms with Crippen LogP contribution in [0.5, 0.6) is 0 Å². The maximum Gasteiger partial charge on any atom is 0.465 e. The predicted octanol–water partition coefficient (Wildman–Crippen LogP) is 2.60. The highest BCUT2D eigenvalue weighted by atomic mass is 32.2. The lowest BCUT2D eigenvalue weighted by molar-refractivity contribution is -0.188. The standard InChI is InChI=1S/C23H27B3F2O7S/c24-11-16-7-17(12-25)19(13-26)18(8-16)20(29)34-5-4-22(9-14-2-1-3-15(6-14)10-22)35-21(30)23(27,28)36(31,32)33/h7-8,14-15H,1-6,9-13H2,(H,31,32,33). The largest absolute Gasteiger partial charge is 0.465 e. The molecule has 0 aromatic heterocycles. The molecular weight excluding hydrogens is 491 g/mol. The molecule has 2 atom stereocenters. The summed E-state index contributed by atoms with van der Waals surface area (Å²) in [5, 5.41) is -5.11. The lowest BCUT2D eigenvalue weighted by Gasteiger charge is -2.46. The van der Waals surface area contributed by atoms with Gasteiger partial charge in [0.05, 0.1) is 35.7 Å². The van der Waals surface area contributed by atoms with Crippen LogP contribution in [-0.2, 0) is 43.3 Å². The van der Waals surface area contributed by atoms with Crippen LogP contribution >= 0.6 is 0 Å². The van der Waals surface area contributed by atoms with E-state index in [4.69, 9.17) is 37.6 Å². The molecule has 2 saturated carbocycles. The molecule has 36 heavy (non-hydrogen) atoms. The van der Waals surface area contributed by atoms with E-state index in [9.17, 15) is 26.8 Å². The summed E-state index contributed by atoms with van der Waals surface area (Å²) in [7, 11) is 11.3. The molecule has 0 saturated heterocycles. The number of halogens is 2. The molecule has 7 nitrogen and oxygen atoms in total. The van der Waals surface area contributed by atoms with Crippen molar-refractivity contribution in [2.24, 2.45) is 11.8 Å². The third-order valence-corrected chi connectivity index (χ3v) is 7.97.